The lowest BCUT2D eigenvalue weighted by molar-refractivity contribution is 0.242. The normalized spacial score (nSPS) is 12.5. The molecule has 0 bridgehead atoms. The minimum absolute atomic E-state index is 0.0776. The first-order chi connectivity index (χ1) is 10.0. The van der Waals surface area contributed by atoms with Crippen molar-refractivity contribution in [1.29, 1.82) is 0 Å². The molecule has 2 aromatic rings. The number of ether oxygens (including phenoxy) is 1. The fourth-order valence-electron chi connectivity index (χ4n) is 2.38. The van der Waals surface area contributed by atoms with Gasteiger partial charge >= 0.3 is 0 Å². The molecule has 1 aromatic carbocycles. The first-order valence-electron chi connectivity index (χ1n) is 7.18. The molecule has 0 aliphatic rings. The number of nitrogens with one attached hydrogen (secondary N) is 1. The van der Waals surface area contributed by atoms with Gasteiger partial charge in [-0.2, -0.15) is 0 Å². The van der Waals surface area contributed by atoms with Crippen LogP contribution in [-0.4, -0.2) is 11.1 Å². The summed E-state index contributed by atoms with van der Waals surface area (Å²) in [5.41, 5.74) is 7.04. The average Bonchev–Trinajstić information content (AvgIpc) is 2.43. The fourth-order valence-corrected chi connectivity index (χ4v) is 2.38. The number of pyridine rings is 1. The molecule has 4 heteroatoms. The number of rotatable bonds is 5. The SMILES string of the molecule is Cc1ccc(C(NN)c2ccc(OC(C)C)cc2)c(C)n1. The first-order valence-corrected chi connectivity index (χ1v) is 7.18. The zero-order valence-corrected chi connectivity index (χ0v) is 13.1. The molecule has 1 aromatic heterocycles. The fraction of sp³-hybridized carbons (Fsp3) is 0.353. The van der Waals surface area contributed by atoms with E-state index < -0.39 is 0 Å². The summed E-state index contributed by atoms with van der Waals surface area (Å²) in [5, 5.41) is 0. The van der Waals surface area contributed by atoms with E-state index >= 15 is 0 Å². The molecule has 3 N–H and O–H groups in total. The van der Waals surface area contributed by atoms with E-state index in [4.69, 9.17) is 10.6 Å². The summed E-state index contributed by atoms with van der Waals surface area (Å²) >= 11 is 0. The molecule has 0 saturated carbocycles. The van der Waals surface area contributed by atoms with Crippen LogP contribution < -0.4 is 16.0 Å². The third-order valence-electron chi connectivity index (χ3n) is 3.33. The summed E-state index contributed by atoms with van der Waals surface area (Å²) in [7, 11) is 0. The van der Waals surface area contributed by atoms with Gasteiger partial charge in [0.1, 0.15) is 5.75 Å². The van der Waals surface area contributed by atoms with E-state index in [0.717, 1.165) is 28.3 Å². The summed E-state index contributed by atoms with van der Waals surface area (Å²) in [6.45, 7) is 8.02. The molecule has 21 heavy (non-hydrogen) atoms. The molecule has 2 rings (SSSR count). The molecular weight excluding hydrogens is 262 g/mol. The molecular formula is C17H23N3O. The highest BCUT2D eigenvalue weighted by Gasteiger charge is 2.15. The Bertz CT molecular complexity index is 593. The maximum absolute atomic E-state index is 5.75. The minimum Gasteiger partial charge on any atom is -0.491 e. The molecule has 0 amide bonds. The second kappa shape index (κ2) is 6.70. The standard InChI is InChI=1S/C17H23N3O/c1-11(2)21-15-8-6-14(7-9-15)17(20-18)16-10-5-12(3)19-13(16)4/h5-11,17,20H,18H2,1-4H3. The van der Waals surface area contributed by atoms with E-state index in [1.165, 1.54) is 0 Å². The Morgan fingerprint density at radius 3 is 2.24 bits per heavy atom. The number of aryl methyl sites for hydroxylation is 2. The van der Waals surface area contributed by atoms with E-state index in [1.807, 2.05) is 58.0 Å². The summed E-state index contributed by atoms with van der Waals surface area (Å²) in [4.78, 5) is 4.50. The molecule has 112 valence electrons. The molecule has 0 aliphatic heterocycles. The molecule has 1 unspecified atom stereocenters. The van der Waals surface area contributed by atoms with Crippen LogP contribution in [0.4, 0.5) is 0 Å². The van der Waals surface area contributed by atoms with E-state index in [0.29, 0.717) is 0 Å². The van der Waals surface area contributed by atoms with Gasteiger partial charge in [-0.15, -0.1) is 0 Å². The summed E-state index contributed by atoms with van der Waals surface area (Å²) < 4.78 is 5.66. The van der Waals surface area contributed by atoms with Crippen LogP contribution in [-0.2, 0) is 0 Å². The van der Waals surface area contributed by atoms with Crippen LogP contribution in [0.1, 0.15) is 42.4 Å². The lowest BCUT2D eigenvalue weighted by Crippen LogP contribution is -2.29. The number of benzene rings is 1. The molecule has 1 heterocycles. The Morgan fingerprint density at radius 2 is 1.71 bits per heavy atom. The number of nitrogens with zero attached hydrogens (tertiary/aromatic N) is 1. The van der Waals surface area contributed by atoms with E-state index in [1.54, 1.807) is 0 Å². The van der Waals surface area contributed by atoms with Crippen molar-refractivity contribution < 1.29 is 4.74 Å². The van der Waals surface area contributed by atoms with Gasteiger partial charge in [-0.25, -0.2) is 5.43 Å². The molecule has 0 radical (unpaired) electrons. The van der Waals surface area contributed by atoms with Gasteiger partial charge in [0, 0.05) is 11.4 Å². The molecule has 1 atom stereocenters. The van der Waals surface area contributed by atoms with Gasteiger partial charge in [-0.3, -0.25) is 10.8 Å². The van der Waals surface area contributed by atoms with Gasteiger partial charge in [0.15, 0.2) is 0 Å². The van der Waals surface area contributed by atoms with Crippen LogP contribution in [0.15, 0.2) is 36.4 Å². The Balaban J connectivity index is 2.28. The highest BCUT2D eigenvalue weighted by molar-refractivity contribution is 5.37. The monoisotopic (exact) mass is 285 g/mol. The lowest BCUT2D eigenvalue weighted by atomic mass is 9.98. The smallest absolute Gasteiger partial charge is 0.119 e. The number of nitrogens with two attached hydrogens (primary N) is 1. The third kappa shape index (κ3) is 3.80. The highest BCUT2D eigenvalue weighted by atomic mass is 16.5. The summed E-state index contributed by atoms with van der Waals surface area (Å²) in [6, 6.07) is 12.0. The van der Waals surface area contributed by atoms with Gasteiger partial charge < -0.3 is 4.74 Å². The number of aromatic nitrogens is 1. The maximum atomic E-state index is 5.75. The predicted molar refractivity (Wildman–Crippen MR) is 85.1 cm³/mol. The second-order valence-corrected chi connectivity index (χ2v) is 5.46. The van der Waals surface area contributed by atoms with E-state index in [9.17, 15) is 0 Å². The highest BCUT2D eigenvalue weighted by Crippen LogP contribution is 2.25. The predicted octanol–water partition coefficient (Wildman–Crippen LogP) is 3.04. The van der Waals surface area contributed by atoms with Crippen LogP contribution in [0.25, 0.3) is 0 Å². The molecule has 0 aliphatic carbocycles. The molecule has 0 fully saturated rings. The van der Waals surface area contributed by atoms with Crippen LogP contribution in [0, 0.1) is 13.8 Å². The Labute approximate surface area is 126 Å². The van der Waals surface area contributed by atoms with Crippen molar-refractivity contribution in [3.8, 4) is 5.75 Å². The zero-order valence-electron chi connectivity index (χ0n) is 13.1. The van der Waals surface area contributed by atoms with Gasteiger partial charge in [-0.1, -0.05) is 18.2 Å². The van der Waals surface area contributed by atoms with Gasteiger partial charge in [0.05, 0.1) is 12.1 Å². The number of hydrazine groups is 1. The second-order valence-electron chi connectivity index (χ2n) is 5.46. The van der Waals surface area contributed by atoms with Gasteiger partial charge in [-0.05, 0) is 57.0 Å². The van der Waals surface area contributed by atoms with Crippen LogP contribution in [0.5, 0.6) is 5.75 Å². The molecule has 4 nitrogen and oxygen atoms in total. The summed E-state index contributed by atoms with van der Waals surface area (Å²) in [5.74, 6) is 6.62. The van der Waals surface area contributed by atoms with Crippen LogP contribution in [0.3, 0.4) is 0 Å². The Kier molecular flexibility index (Phi) is 4.94. The number of hydrogen-bond acceptors (Lipinski definition) is 4. The average molecular weight is 285 g/mol. The van der Waals surface area contributed by atoms with Crippen LogP contribution in [0.2, 0.25) is 0 Å². The van der Waals surface area contributed by atoms with E-state index in [2.05, 4.69) is 16.5 Å². The van der Waals surface area contributed by atoms with Crippen molar-refractivity contribution >= 4 is 0 Å². The molecule has 0 saturated heterocycles. The zero-order chi connectivity index (χ0) is 15.4. The van der Waals surface area contributed by atoms with Crippen molar-refractivity contribution in [1.82, 2.24) is 10.4 Å². The first kappa shape index (κ1) is 15.5. The summed E-state index contributed by atoms with van der Waals surface area (Å²) in [6.07, 6.45) is 0.169. The van der Waals surface area contributed by atoms with Crippen molar-refractivity contribution in [3.63, 3.8) is 0 Å². The largest absolute Gasteiger partial charge is 0.491 e. The van der Waals surface area contributed by atoms with Gasteiger partial charge in [0.25, 0.3) is 0 Å². The molecule has 0 spiro atoms. The van der Waals surface area contributed by atoms with Crippen LogP contribution >= 0.6 is 0 Å². The topological polar surface area (TPSA) is 60.2 Å². The van der Waals surface area contributed by atoms with Crippen molar-refractivity contribution in [2.24, 2.45) is 5.84 Å². The van der Waals surface area contributed by atoms with Crippen molar-refractivity contribution in [2.75, 3.05) is 0 Å². The maximum Gasteiger partial charge on any atom is 0.119 e. The quantitative estimate of drug-likeness (QED) is 0.655. The Hall–Kier alpha value is -1.91. The number of hydrogen-bond donors (Lipinski definition) is 2. The Morgan fingerprint density at radius 1 is 1.05 bits per heavy atom. The van der Waals surface area contributed by atoms with Gasteiger partial charge in [0.2, 0.25) is 0 Å². The third-order valence-corrected chi connectivity index (χ3v) is 3.33. The van der Waals surface area contributed by atoms with Crippen molar-refractivity contribution in [3.05, 3.63) is 58.9 Å². The van der Waals surface area contributed by atoms with Crippen molar-refractivity contribution in [2.45, 2.75) is 39.8 Å². The lowest BCUT2D eigenvalue weighted by Gasteiger charge is -2.19. The minimum atomic E-state index is -0.0776. The van der Waals surface area contributed by atoms with E-state index in [-0.39, 0.29) is 12.1 Å².